The largest absolute Gasteiger partial charge is 0.383 e. The lowest BCUT2D eigenvalue weighted by molar-refractivity contribution is -0.122. The van der Waals surface area contributed by atoms with E-state index in [-0.39, 0.29) is 23.3 Å². The van der Waals surface area contributed by atoms with Crippen molar-refractivity contribution in [3.05, 3.63) is 20.8 Å². The lowest BCUT2D eigenvalue weighted by Crippen LogP contribution is -2.35. The first-order valence-electron chi connectivity index (χ1n) is 6.68. The summed E-state index contributed by atoms with van der Waals surface area (Å²) in [5.41, 5.74) is 4.87. The van der Waals surface area contributed by atoms with Gasteiger partial charge < -0.3 is 16.4 Å². The van der Waals surface area contributed by atoms with E-state index in [9.17, 15) is 14.4 Å². The Morgan fingerprint density at radius 2 is 2.10 bits per heavy atom. The van der Waals surface area contributed by atoms with Crippen molar-refractivity contribution < 1.29 is 4.79 Å². The van der Waals surface area contributed by atoms with Crippen molar-refractivity contribution in [2.45, 2.75) is 26.3 Å². The monoisotopic (exact) mass is 281 g/mol. The molecule has 1 fully saturated rings. The molecule has 0 saturated heterocycles. The summed E-state index contributed by atoms with van der Waals surface area (Å²) in [5.74, 6) is 0.312. The summed E-state index contributed by atoms with van der Waals surface area (Å²) in [6.07, 6.45) is 1.90. The van der Waals surface area contributed by atoms with Crippen molar-refractivity contribution in [2.24, 2.45) is 5.92 Å². The molecule has 1 aromatic heterocycles. The summed E-state index contributed by atoms with van der Waals surface area (Å²) in [5, 5.41) is 5.63. The van der Waals surface area contributed by atoms with Gasteiger partial charge in [0.05, 0.1) is 0 Å². The van der Waals surface area contributed by atoms with Crippen molar-refractivity contribution in [2.75, 3.05) is 24.1 Å². The molecule has 0 spiro atoms. The van der Waals surface area contributed by atoms with Crippen LogP contribution in [0.5, 0.6) is 0 Å². The van der Waals surface area contributed by atoms with E-state index in [1.54, 1.807) is 6.92 Å². The van der Waals surface area contributed by atoms with E-state index in [4.69, 9.17) is 5.73 Å². The molecular formula is C12H19N5O3. The van der Waals surface area contributed by atoms with Gasteiger partial charge in [0.25, 0.3) is 5.56 Å². The molecule has 20 heavy (non-hydrogen) atoms. The number of hydrogen-bond donors (Lipinski definition) is 4. The number of carbonyl (C=O) groups excluding carboxylic acids is 1. The lowest BCUT2D eigenvalue weighted by Gasteiger charge is -2.12. The minimum absolute atomic E-state index is 0.0483. The zero-order chi connectivity index (χ0) is 14.7. The molecule has 5 N–H and O–H groups in total. The summed E-state index contributed by atoms with van der Waals surface area (Å²) in [7, 11) is 0. The van der Waals surface area contributed by atoms with Gasteiger partial charge in [0.1, 0.15) is 11.5 Å². The number of nitrogens with two attached hydrogens (primary N) is 1. The second-order valence-corrected chi connectivity index (χ2v) is 4.76. The third kappa shape index (κ3) is 3.01. The standard InChI is InChI=1S/C12H19N5O3/c1-2-17-9(13)8(11(19)16-12(17)20)14-5-6-15-10(18)7-3-4-7/h7,14H,2-6,13H2,1H3,(H,15,18)(H,16,19,20). The number of amides is 1. The van der Waals surface area contributed by atoms with E-state index in [0.29, 0.717) is 19.6 Å². The molecule has 1 aliphatic rings. The molecule has 1 saturated carbocycles. The van der Waals surface area contributed by atoms with Crippen LogP contribution in [0.3, 0.4) is 0 Å². The lowest BCUT2D eigenvalue weighted by atomic mass is 10.4. The Bertz CT molecular complexity index is 614. The first-order chi connectivity index (χ1) is 9.54. The summed E-state index contributed by atoms with van der Waals surface area (Å²) in [4.78, 5) is 36.8. The molecule has 0 unspecified atom stereocenters. The van der Waals surface area contributed by atoms with Gasteiger partial charge in [-0.2, -0.15) is 0 Å². The van der Waals surface area contributed by atoms with Crippen LogP contribution in [0, 0.1) is 5.92 Å². The highest BCUT2D eigenvalue weighted by atomic mass is 16.2. The number of rotatable bonds is 6. The second kappa shape index (κ2) is 5.81. The Balaban J connectivity index is 1.96. The highest BCUT2D eigenvalue weighted by Crippen LogP contribution is 2.28. The molecule has 1 aromatic rings. The van der Waals surface area contributed by atoms with Gasteiger partial charge in [0.2, 0.25) is 5.91 Å². The van der Waals surface area contributed by atoms with Crippen molar-refractivity contribution in [3.63, 3.8) is 0 Å². The normalized spacial score (nSPS) is 14.1. The van der Waals surface area contributed by atoms with Crippen molar-refractivity contribution >= 4 is 17.4 Å². The predicted octanol–water partition coefficient (Wildman–Crippen LogP) is -0.923. The number of carbonyl (C=O) groups is 1. The van der Waals surface area contributed by atoms with Crippen LogP contribution in [0.25, 0.3) is 0 Å². The molecule has 1 heterocycles. The molecule has 0 aromatic carbocycles. The van der Waals surface area contributed by atoms with Gasteiger partial charge >= 0.3 is 5.69 Å². The van der Waals surface area contributed by atoms with Crippen molar-refractivity contribution in [3.8, 4) is 0 Å². The van der Waals surface area contributed by atoms with Gasteiger partial charge in [0, 0.05) is 25.6 Å². The molecule has 1 amide bonds. The SMILES string of the molecule is CCn1c(N)c(NCCNC(=O)C2CC2)c(=O)[nH]c1=O. The molecule has 0 bridgehead atoms. The van der Waals surface area contributed by atoms with E-state index in [2.05, 4.69) is 15.6 Å². The van der Waals surface area contributed by atoms with Crippen LogP contribution < -0.4 is 27.6 Å². The topological polar surface area (TPSA) is 122 Å². The fraction of sp³-hybridized carbons (Fsp3) is 0.583. The number of nitrogens with one attached hydrogen (secondary N) is 3. The molecule has 8 heteroatoms. The number of hydrogen-bond acceptors (Lipinski definition) is 5. The fourth-order valence-corrected chi connectivity index (χ4v) is 1.94. The quantitative estimate of drug-likeness (QED) is 0.502. The minimum atomic E-state index is -0.550. The fourth-order valence-electron chi connectivity index (χ4n) is 1.94. The van der Waals surface area contributed by atoms with Gasteiger partial charge in [-0.15, -0.1) is 0 Å². The van der Waals surface area contributed by atoms with Gasteiger partial charge in [-0.1, -0.05) is 0 Å². The smallest absolute Gasteiger partial charge is 0.330 e. The first-order valence-corrected chi connectivity index (χ1v) is 6.68. The maximum absolute atomic E-state index is 11.7. The molecule has 0 atom stereocenters. The van der Waals surface area contributed by atoms with Crippen LogP contribution in [0.2, 0.25) is 0 Å². The van der Waals surface area contributed by atoms with Crippen LogP contribution in [-0.4, -0.2) is 28.5 Å². The summed E-state index contributed by atoms with van der Waals surface area (Å²) in [6.45, 7) is 2.90. The summed E-state index contributed by atoms with van der Waals surface area (Å²) >= 11 is 0. The van der Waals surface area contributed by atoms with E-state index in [1.807, 2.05) is 0 Å². The van der Waals surface area contributed by atoms with Gasteiger partial charge in [-0.05, 0) is 19.8 Å². The number of nitrogen functional groups attached to an aromatic ring is 1. The first kappa shape index (κ1) is 14.2. The summed E-state index contributed by atoms with van der Waals surface area (Å²) in [6, 6.07) is 0. The molecule has 2 rings (SSSR count). The van der Waals surface area contributed by atoms with Gasteiger partial charge in [0.15, 0.2) is 0 Å². The van der Waals surface area contributed by atoms with Gasteiger partial charge in [-0.25, -0.2) is 4.79 Å². The van der Waals surface area contributed by atoms with Crippen LogP contribution in [0.1, 0.15) is 19.8 Å². The zero-order valence-electron chi connectivity index (χ0n) is 11.4. The molecule has 110 valence electrons. The average molecular weight is 281 g/mol. The van der Waals surface area contributed by atoms with E-state index in [0.717, 1.165) is 12.8 Å². The predicted molar refractivity (Wildman–Crippen MR) is 75.6 cm³/mol. The third-order valence-corrected chi connectivity index (χ3v) is 3.23. The van der Waals surface area contributed by atoms with Crippen LogP contribution in [0.15, 0.2) is 9.59 Å². The van der Waals surface area contributed by atoms with Gasteiger partial charge in [-0.3, -0.25) is 19.1 Å². The average Bonchev–Trinajstić information content (AvgIpc) is 3.21. The molecular weight excluding hydrogens is 262 g/mol. The van der Waals surface area contributed by atoms with Crippen LogP contribution >= 0.6 is 0 Å². The zero-order valence-corrected chi connectivity index (χ0v) is 11.4. The highest BCUT2D eigenvalue weighted by molar-refractivity contribution is 5.80. The Morgan fingerprint density at radius 3 is 2.70 bits per heavy atom. The van der Waals surface area contributed by atoms with Crippen molar-refractivity contribution in [1.29, 1.82) is 0 Å². The molecule has 0 radical (unpaired) electrons. The summed E-state index contributed by atoms with van der Waals surface area (Å²) < 4.78 is 1.27. The Labute approximate surface area is 115 Å². The van der Waals surface area contributed by atoms with Crippen molar-refractivity contribution in [1.82, 2.24) is 14.9 Å². The number of aromatic nitrogens is 2. The molecule has 0 aliphatic heterocycles. The number of anilines is 2. The van der Waals surface area contributed by atoms with E-state index < -0.39 is 11.2 Å². The number of nitrogens with zero attached hydrogens (tertiary/aromatic N) is 1. The second-order valence-electron chi connectivity index (χ2n) is 4.76. The molecule has 1 aliphatic carbocycles. The van der Waals surface area contributed by atoms with Crippen LogP contribution in [-0.2, 0) is 11.3 Å². The Hall–Kier alpha value is -2.25. The van der Waals surface area contributed by atoms with Crippen LogP contribution in [0.4, 0.5) is 11.5 Å². The van der Waals surface area contributed by atoms with E-state index in [1.165, 1.54) is 4.57 Å². The minimum Gasteiger partial charge on any atom is -0.383 e. The number of H-pyrrole nitrogens is 1. The van der Waals surface area contributed by atoms with E-state index >= 15 is 0 Å². The third-order valence-electron chi connectivity index (χ3n) is 3.23. The number of aromatic amines is 1. The Kier molecular flexibility index (Phi) is 4.11. The Morgan fingerprint density at radius 1 is 1.40 bits per heavy atom. The highest BCUT2D eigenvalue weighted by Gasteiger charge is 2.28. The molecule has 8 nitrogen and oxygen atoms in total. The maximum Gasteiger partial charge on any atom is 0.330 e. The maximum atomic E-state index is 11.7.